The summed E-state index contributed by atoms with van der Waals surface area (Å²) in [5, 5.41) is 0. The SMILES string of the molecule is CC(=O)C(=O)N(CCN1CCCCC1)C[C@@H]1CCCN(C2CCCC2)C1. The summed E-state index contributed by atoms with van der Waals surface area (Å²) in [7, 11) is 0. The molecule has 0 aromatic rings. The Morgan fingerprint density at radius 1 is 0.923 bits per heavy atom. The van der Waals surface area contributed by atoms with Crippen molar-refractivity contribution in [2.24, 2.45) is 5.92 Å². The number of amides is 1. The molecule has 2 saturated heterocycles. The normalized spacial score (nSPS) is 26.1. The lowest BCUT2D eigenvalue weighted by Crippen LogP contribution is -2.48. The summed E-state index contributed by atoms with van der Waals surface area (Å²) in [6.45, 7) is 8.40. The third kappa shape index (κ3) is 5.53. The van der Waals surface area contributed by atoms with Crippen LogP contribution < -0.4 is 0 Å². The Labute approximate surface area is 159 Å². The van der Waals surface area contributed by atoms with Crippen molar-refractivity contribution < 1.29 is 9.59 Å². The second kappa shape index (κ2) is 9.84. The lowest BCUT2D eigenvalue weighted by atomic mass is 9.95. The molecule has 1 amide bonds. The number of rotatable bonds is 7. The van der Waals surface area contributed by atoms with Crippen LogP contribution in [0.3, 0.4) is 0 Å². The average Bonchev–Trinajstić information content (AvgIpc) is 3.20. The van der Waals surface area contributed by atoms with Crippen molar-refractivity contribution in [1.29, 1.82) is 0 Å². The Morgan fingerprint density at radius 2 is 1.65 bits per heavy atom. The minimum Gasteiger partial charge on any atom is -0.335 e. The number of likely N-dealkylation sites (tertiary alicyclic amines) is 2. The molecular weight excluding hydrogens is 326 g/mol. The molecule has 3 aliphatic rings. The fourth-order valence-electron chi connectivity index (χ4n) is 5.10. The third-order valence-corrected chi connectivity index (χ3v) is 6.59. The average molecular weight is 364 g/mol. The quantitative estimate of drug-likeness (QED) is 0.652. The highest BCUT2D eigenvalue weighted by Crippen LogP contribution is 2.28. The van der Waals surface area contributed by atoms with Gasteiger partial charge in [0.25, 0.3) is 5.91 Å². The van der Waals surface area contributed by atoms with Gasteiger partial charge in [-0.25, -0.2) is 0 Å². The second-order valence-electron chi connectivity index (χ2n) is 8.65. The second-order valence-corrected chi connectivity index (χ2v) is 8.65. The van der Waals surface area contributed by atoms with E-state index in [0.717, 1.165) is 38.8 Å². The maximum absolute atomic E-state index is 12.5. The highest BCUT2D eigenvalue weighted by atomic mass is 16.2. The Balaban J connectivity index is 1.53. The van der Waals surface area contributed by atoms with Crippen LogP contribution in [0.25, 0.3) is 0 Å². The molecule has 148 valence electrons. The molecule has 1 aliphatic carbocycles. The molecule has 5 nitrogen and oxygen atoms in total. The molecule has 5 heteroatoms. The van der Waals surface area contributed by atoms with E-state index in [0.29, 0.717) is 12.5 Å². The Kier molecular flexibility index (Phi) is 7.50. The Hall–Kier alpha value is -0.940. The van der Waals surface area contributed by atoms with Gasteiger partial charge in [-0.2, -0.15) is 0 Å². The van der Waals surface area contributed by atoms with Crippen LogP contribution in [0.4, 0.5) is 0 Å². The van der Waals surface area contributed by atoms with Gasteiger partial charge in [0.2, 0.25) is 5.78 Å². The van der Waals surface area contributed by atoms with E-state index in [4.69, 9.17) is 0 Å². The summed E-state index contributed by atoms with van der Waals surface area (Å²) in [5.74, 6) is -0.0684. The van der Waals surface area contributed by atoms with Crippen LogP contribution >= 0.6 is 0 Å². The lowest BCUT2D eigenvalue weighted by molar-refractivity contribution is -0.144. The summed E-state index contributed by atoms with van der Waals surface area (Å²) < 4.78 is 0. The predicted molar refractivity (Wildman–Crippen MR) is 104 cm³/mol. The highest BCUT2D eigenvalue weighted by Gasteiger charge is 2.30. The van der Waals surface area contributed by atoms with Crippen molar-refractivity contribution in [1.82, 2.24) is 14.7 Å². The van der Waals surface area contributed by atoms with Gasteiger partial charge in [0.15, 0.2) is 0 Å². The molecule has 3 rings (SSSR count). The number of carbonyl (C=O) groups excluding carboxylic acids is 2. The number of hydrogen-bond donors (Lipinski definition) is 0. The standard InChI is InChI=1S/C21H37N3O2/c1-18(25)21(26)24(15-14-22-11-5-2-6-12-22)17-19-8-7-13-23(16-19)20-9-3-4-10-20/h19-20H,2-17H2,1H3/t19-/m1/s1. The molecule has 0 unspecified atom stereocenters. The van der Waals surface area contributed by atoms with E-state index in [1.807, 2.05) is 4.90 Å². The van der Waals surface area contributed by atoms with Crippen molar-refractivity contribution in [3.63, 3.8) is 0 Å². The topological polar surface area (TPSA) is 43.9 Å². The zero-order valence-corrected chi connectivity index (χ0v) is 16.6. The van der Waals surface area contributed by atoms with Gasteiger partial charge in [0.05, 0.1) is 0 Å². The first-order valence-electron chi connectivity index (χ1n) is 10.9. The number of carbonyl (C=O) groups is 2. The number of Topliss-reactive ketones (excluding diaryl/α,β-unsaturated/α-hetero) is 1. The molecule has 0 N–H and O–H groups in total. The van der Waals surface area contributed by atoms with E-state index in [1.165, 1.54) is 71.3 Å². The highest BCUT2D eigenvalue weighted by molar-refractivity contribution is 6.35. The molecule has 0 radical (unpaired) electrons. The smallest absolute Gasteiger partial charge is 0.289 e. The van der Waals surface area contributed by atoms with Crippen LogP contribution in [0, 0.1) is 5.92 Å². The van der Waals surface area contributed by atoms with Crippen molar-refractivity contribution in [3.05, 3.63) is 0 Å². The van der Waals surface area contributed by atoms with Crippen LogP contribution in [0.1, 0.15) is 64.7 Å². The zero-order chi connectivity index (χ0) is 18.4. The summed E-state index contributed by atoms with van der Waals surface area (Å²) in [5.41, 5.74) is 0. The predicted octanol–water partition coefficient (Wildman–Crippen LogP) is 2.54. The van der Waals surface area contributed by atoms with Crippen molar-refractivity contribution in [3.8, 4) is 0 Å². The van der Waals surface area contributed by atoms with Gasteiger partial charge >= 0.3 is 0 Å². The number of nitrogens with zero attached hydrogens (tertiary/aromatic N) is 3. The fraction of sp³-hybridized carbons (Fsp3) is 0.905. The molecule has 26 heavy (non-hydrogen) atoms. The first-order chi connectivity index (χ1) is 12.6. The zero-order valence-electron chi connectivity index (χ0n) is 16.6. The van der Waals surface area contributed by atoms with Crippen LogP contribution in [-0.2, 0) is 9.59 Å². The number of ketones is 1. The minimum atomic E-state index is -0.313. The molecule has 2 aliphatic heterocycles. The van der Waals surface area contributed by atoms with Gasteiger partial charge in [-0.15, -0.1) is 0 Å². The van der Waals surface area contributed by atoms with Gasteiger partial charge in [-0.3, -0.25) is 9.59 Å². The minimum absolute atomic E-state index is 0.278. The van der Waals surface area contributed by atoms with Gasteiger partial charge in [-0.05, 0) is 64.1 Å². The van der Waals surface area contributed by atoms with Crippen molar-refractivity contribution >= 4 is 11.7 Å². The van der Waals surface area contributed by atoms with Crippen molar-refractivity contribution in [2.45, 2.75) is 70.8 Å². The van der Waals surface area contributed by atoms with Gasteiger partial charge in [0, 0.05) is 39.1 Å². The van der Waals surface area contributed by atoms with E-state index in [2.05, 4.69) is 9.80 Å². The molecule has 0 aromatic heterocycles. The van der Waals surface area contributed by atoms with E-state index in [-0.39, 0.29) is 11.7 Å². The van der Waals surface area contributed by atoms with Crippen LogP contribution in [0.5, 0.6) is 0 Å². The Morgan fingerprint density at radius 3 is 2.35 bits per heavy atom. The first-order valence-corrected chi connectivity index (χ1v) is 10.9. The molecule has 2 heterocycles. The first kappa shape index (κ1) is 19.8. The van der Waals surface area contributed by atoms with E-state index >= 15 is 0 Å². The number of piperidine rings is 2. The van der Waals surface area contributed by atoms with Crippen LogP contribution in [0.2, 0.25) is 0 Å². The third-order valence-electron chi connectivity index (χ3n) is 6.59. The van der Waals surface area contributed by atoms with Crippen LogP contribution in [-0.4, -0.2) is 78.2 Å². The molecule has 0 bridgehead atoms. The summed E-state index contributed by atoms with van der Waals surface area (Å²) in [6, 6.07) is 0.767. The molecule has 0 spiro atoms. The monoisotopic (exact) mass is 363 g/mol. The number of hydrogen-bond acceptors (Lipinski definition) is 4. The van der Waals surface area contributed by atoms with Gasteiger partial charge in [-0.1, -0.05) is 19.3 Å². The van der Waals surface area contributed by atoms with Crippen LogP contribution in [0.15, 0.2) is 0 Å². The fourth-order valence-corrected chi connectivity index (χ4v) is 5.10. The summed E-state index contributed by atoms with van der Waals surface area (Å²) in [6.07, 6.45) is 11.7. The van der Waals surface area contributed by atoms with Gasteiger partial charge < -0.3 is 14.7 Å². The Bertz CT molecular complexity index is 470. The van der Waals surface area contributed by atoms with E-state index in [9.17, 15) is 9.59 Å². The molecule has 1 atom stereocenters. The lowest BCUT2D eigenvalue weighted by Gasteiger charge is -2.39. The largest absolute Gasteiger partial charge is 0.335 e. The van der Waals surface area contributed by atoms with Gasteiger partial charge in [0.1, 0.15) is 0 Å². The van der Waals surface area contributed by atoms with E-state index < -0.39 is 0 Å². The molecule has 0 aromatic carbocycles. The molecule has 1 saturated carbocycles. The molecular formula is C21H37N3O2. The van der Waals surface area contributed by atoms with E-state index in [1.54, 1.807) is 0 Å². The summed E-state index contributed by atoms with van der Waals surface area (Å²) >= 11 is 0. The molecule has 3 fully saturated rings. The maximum atomic E-state index is 12.5. The van der Waals surface area contributed by atoms with Crippen molar-refractivity contribution in [2.75, 3.05) is 45.8 Å². The summed E-state index contributed by atoms with van der Waals surface area (Å²) in [4.78, 5) is 31.2. The maximum Gasteiger partial charge on any atom is 0.289 e.